The highest BCUT2D eigenvalue weighted by molar-refractivity contribution is 6.35. The van der Waals surface area contributed by atoms with Crippen LogP contribution in [0.5, 0.6) is 0 Å². The first kappa shape index (κ1) is 16.8. The minimum absolute atomic E-state index is 0.00857. The Morgan fingerprint density at radius 1 is 1.25 bits per heavy atom. The predicted octanol–water partition coefficient (Wildman–Crippen LogP) is 2.57. The first-order valence-corrected chi connectivity index (χ1v) is 7.18. The smallest absolute Gasteiger partial charge is 0.239 e. The number of halogens is 2. The van der Waals surface area contributed by atoms with E-state index in [1.807, 2.05) is 13.0 Å². The molecule has 6 heteroatoms. The summed E-state index contributed by atoms with van der Waals surface area (Å²) in [5, 5.41) is 6.49. The number of benzene rings is 1. The summed E-state index contributed by atoms with van der Waals surface area (Å²) in [6.45, 7) is 3.61. The lowest BCUT2D eigenvalue weighted by atomic mass is 10.1. The highest BCUT2D eigenvalue weighted by Crippen LogP contribution is 2.21. The molecule has 20 heavy (non-hydrogen) atoms. The summed E-state index contributed by atoms with van der Waals surface area (Å²) in [6.07, 6.45) is 0.965. The van der Waals surface area contributed by atoms with Crippen molar-refractivity contribution in [1.82, 2.24) is 10.6 Å². The minimum Gasteiger partial charge on any atom is -0.352 e. The third-order valence-corrected chi connectivity index (χ3v) is 3.30. The Hall–Kier alpha value is -1.26. The molecule has 0 unspecified atom stereocenters. The van der Waals surface area contributed by atoms with Crippen LogP contribution in [0, 0.1) is 0 Å². The molecular formula is C14H18Cl2N2O2. The molecule has 0 aliphatic carbocycles. The highest BCUT2D eigenvalue weighted by Gasteiger charge is 2.11. The normalized spacial score (nSPS) is 11.8. The zero-order valence-corrected chi connectivity index (χ0v) is 13.0. The summed E-state index contributed by atoms with van der Waals surface area (Å²) in [7, 11) is 0. The number of rotatable bonds is 6. The Morgan fingerprint density at radius 2 is 1.95 bits per heavy atom. The third-order valence-electron chi connectivity index (χ3n) is 2.72. The molecule has 1 aromatic rings. The van der Waals surface area contributed by atoms with Crippen LogP contribution in [0.15, 0.2) is 18.2 Å². The van der Waals surface area contributed by atoms with E-state index in [9.17, 15) is 9.59 Å². The minimum atomic E-state index is -0.218. The molecule has 0 saturated heterocycles. The molecule has 0 saturated carbocycles. The van der Waals surface area contributed by atoms with E-state index >= 15 is 0 Å². The molecule has 110 valence electrons. The standard InChI is InChI=1S/C14H18Cl2N2O2/c1-3-13(19)17-8-14(20)18-9(2)6-10-4-5-11(15)7-12(10)16/h4-5,7,9H,3,6,8H2,1-2H3,(H,17,19)(H,18,20)/t9-/m0/s1. The van der Waals surface area contributed by atoms with Gasteiger partial charge in [-0.05, 0) is 31.0 Å². The lowest BCUT2D eigenvalue weighted by molar-refractivity contribution is -0.126. The summed E-state index contributed by atoms with van der Waals surface area (Å²) in [6, 6.07) is 5.19. The van der Waals surface area contributed by atoms with E-state index in [0.717, 1.165) is 5.56 Å². The molecule has 1 atom stereocenters. The van der Waals surface area contributed by atoms with Gasteiger partial charge in [-0.3, -0.25) is 9.59 Å². The van der Waals surface area contributed by atoms with E-state index in [1.165, 1.54) is 0 Å². The molecule has 4 nitrogen and oxygen atoms in total. The Morgan fingerprint density at radius 3 is 2.55 bits per heavy atom. The maximum Gasteiger partial charge on any atom is 0.239 e. The van der Waals surface area contributed by atoms with Crippen LogP contribution in [0.4, 0.5) is 0 Å². The number of amides is 2. The molecule has 1 aromatic carbocycles. The Balaban J connectivity index is 2.44. The molecule has 0 radical (unpaired) electrons. The monoisotopic (exact) mass is 316 g/mol. The van der Waals surface area contributed by atoms with E-state index < -0.39 is 0 Å². The van der Waals surface area contributed by atoms with Gasteiger partial charge in [-0.25, -0.2) is 0 Å². The van der Waals surface area contributed by atoms with Gasteiger partial charge in [0.25, 0.3) is 0 Å². The lowest BCUT2D eigenvalue weighted by Gasteiger charge is -2.15. The summed E-state index contributed by atoms with van der Waals surface area (Å²) in [5.41, 5.74) is 0.918. The molecule has 0 spiro atoms. The van der Waals surface area contributed by atoms with Crippen molar-refractivity contribution in [1.29, 1.82) is 0 Å². The van der Waals surface area contributed by atoms with Crippen LogP contribution in [-0.2, 0) is 16.0 Å². The van der Waals surface area contributed by atoms with Crippen molar-refractivity contribution in [3.05, 3.63) is 33.8 Å². The van der Waals surface area contributed by atoms with Gasteiger partial charge >= 0.3 is 0 Å². The highest BCUT2D eigenvalue weighted by atomic mass is 35.5. The maximum atomic E-state index is 11.6. The van der Waals surface area contributed by atoms with Crippen molar-refractivity contribution in [2.24, 2.45) is 0 Å². The summed E-state index contributed by atoms with van der Waals surface area (Å²) in [4.78, 5) is 22.7. The van der Waals surface area contributed by atoms with Crippen molar-refractivity contribution in [3.63, 3.8) is 0 Å². The zero-order valence-electron chi connectivity index (χ0n) is 11.5. The molecule has 0 bridgehead atoms. The van der Waals surface area contributed by atoms with Crippen molar-refractivity contribution in [3.8, 4) is 0 Å². The largest absolute Gasteiger partial charge is 0.352 e. The molecule has 0 heterocycles. The van der Waals surface area contributed by atoms with Crippen LogP contribution in [0.2, 0.25) is 10.0 Å². The van der Waals surface area contributed by atoms with Crippen LogP contribution < -0.4 is 10.6 Å². The molecule has 2 N–H and O–H groups in total. The van der Waals surface area contributed by atoms with E-state index in [4.69, 9.17) is 23.2 Å². The van der Waals surface area contributed by atoms with Crippen molar-refractivity contribution < 1.29 is 9.59 Å². The van der Waals surface area contributed by atoms with Crippen molar-refractivity contribution >= 4 is 35.0 Å². The number of nitrogens with one attached hydrogen (secondary N) is 2. The fraction of sp³-hybridized carbons (Fsp3) is 0.429. The van der Waals surface area contributed by atoms with Gasteiger partial charge in [0.1, 0.15) is 0 Å². The predicted molar refractivity (Wildman–Crippen MR) is 81.1 cm³/mol. The lowest BCUT2D eigenvalue weighted by Crippen LogP contribution is -2.41. The van der Waals surface area contributed by atoms with Gasteiger partial charge in [-0.2, -0.15) is 0 Å². The van der Waals surface area contributed by atoms with Gasteiger partial charge in [-0.15, -0.1) is 0 Å². The molecule has 0 aliphatic heterocycles. The fourth-order valence-electron chi connectivity index (χ4n) is 1.70. The second-order valence-electron chi connectivity index (χ2n) is 4.54. The second-order valence-corrected chi connectivity index (χ2v) is 5.38. The van der Waals surface area contributed by atoms with E-state index in [2.05, 4.69) is 10.6 Å². The van der Waals surface area contributed by atoms with Gasteiger partial charge in [0.05, 0.1) is 6.54 Å². The van der Waals surface area contributed by atoms with Crippen LogP contribution in [0.25, 0.3) is 0 Å². The maximum absolute atomic E-state index is 11.6. The van der Waals surface area contributed by atoms with Crippen molar-refractivity contribution in [2.45, 2.75) is 32.7 Å². The van der Waals surface area contributed by atoms with Crippen LogP contribution in [0.3, 0.4) is 0 Å². The summed E-state index contributed by atoms with van der Waals surface area (Å²) < 4.78 is 0. The molecular weight excluding hydrogens is 299 g/mol. The van der Waals surface area contributed by atoms with E-state index in [0.29, 0.717) is 22.9 Å². The topological polar surface area (TPSA) is 58.2 Å². The van der Waals surface area contributed by atoms with Crippen molar-refractivity contribution in [2.75, 3.05) is 6.54 Å². The third kappa shape index (κ3) is 5.80. The Labute approximate surface area is 128 Å². The number of carbonyl (C=O) groups excluding carboxylic acids is 2. The van der Waals surface area contributed by atoms with Crippen LogP contribution in [0.1, 0.15) is 25.8 Å². The average Bonchev–Trinajstić information content (AvgIpc) is 2.39. The van der Waals surface area contributed by atoms with Gasteiger partial charge in [-0.1, -0.05) is 36.2 Å². The van der Waals surface area contributed by atoms with E-state index in [1.54, 1.807) is 19.1 Å². The Kier molecular flexibility index (Phi) is 6.82. The SMILES string of the molecule is CCC(=O)NCC(=O)N[C@@H](C)Cc1ccc(Cl)cc1Cl. The zero-order chi connectivity index (χ0) is 15.1. The summed E-state index contributed by atoms with van der Waals surface area (Å²) in [5.74, 6) is -0.363. The first-order chi connectivity index (χ1) is 9.42. The fourth-order valence-corrected chi connectivity index (χ4v) is 2.18. The molecule has 0 aliphatic rings. The number of hydrogen-bond donors (Lipinski definition) is 2. The molecule has 0 fully saturated rings. The first-order valence-electron chi connectivity index (χ1n) is 6.42. The van der Waals surface area contributed by atoms with Crippen LogP contribution >= 0.6 is 23.2 Å². The molecule has 2 amide bonds. The Bertz CT molecular complexity index is 492. The van der Waals surface area contributed by atoms with Crippen LogP contribution in [-0.4, -0.2) is 24.4 Å². The van der Waals surface area contributed by atoms with Gasteiger partial charge in [0.15, 0.2) is 0 Å². The van der Waals surface area contributed by atoms with Gasteiger partial charge < -0.3 is 10.6 Å². The van der Waals surface area contributed by atoms with E-state index in [-0.39, 0.29) is 24.4 Å². The van der Waals surface area contributed by atoms with Gasteiger partial charge in [0, 0.05) is 22.5 Å². The molecule has 1 rings (SSSR count). The number of carbonyl (C=O) groups is 2. The average molecular weight is 317 g/mol. The molecule has 0 aromatic heterocycles. The quantitative estimate of drug-likeness (QED) is 0.847. The summed E-state index contributed by atoms with van der Waals surface area (Å²) >= 11 is 11.9. The second kappa shape index (κ2) is 8.12. The number of hydrogen-bond acceptors (Lipinski definition) is 2. The van der Waals surface area contributed by atoms with Gasteiger partial charge in [0.2, 0.25) is 11.8 Å².